The molecule has 0 amide bonds. The van der Waals surface area contributed by atoms with Crippen LogP contribution in [0.25, 0.3) is 10.9 Å². The zero-order valence-electron chi connectivity index (χ0n) is 11.2. The van der Waals surface area contributed by atoms with Crippen LogP contribution in [0.15, 0.2) is 24.3 Å². The van der Waals surface area contributed by atoms with E-state index in [0.717, 1.165) is 35.9 Å². The molecule has 1 aliphatic carbocycles. The Labute approximate surface area is 112 Å². The molecule has 0 saturated heterocycles. The first-order chi connectivity index (χ1) is 9.15. The predicted molar refractivity (Wildman–Crippen MR) is 74.7 cm³/mol. The van der Waals surface area contributed by atoms with E-state index in [1.807, 2.05) is 36.0 Å². The molecular formula is C15H19N3O. The van der Waals surface area contributed by atoms with Gasteiger partial charge >= 0.3 is 0 Å². The number of fused-ring (bicyclic) bond motifs is 1. The number of carbonyl (C=O) groups excluding carboxylic acids is 1. The largest absolute Gasteiger partial charge is 0.328 e. The van der Waals surface area contributed by atoms with Crippen LogP contribution in [0.1, 0.15) is 25.0 Å². The van der Waals surface area contributed by atoms with Crippen molar-refractivity contribution in [3.63, 3.8) is 0 Å². The highest BCUT2D eigenvalue weighted by atomic mass is 16.1. The number of para-hydroxylation sites is 1. The third-order valence-electron chi connectivity index (χ3n) is 4.10. The normalized spacial score (nSPS) is 23.1. The van der Waals surface area contributed by atoms with Crippen LogP contribution in [0, 0.1) is 5.92 Å². The van der Waals surface area contributed by atoms with Crippen LogP contribution in [-0.4, -0.2) is 21.6 Å². The second kappa shape index (κ2) is 4.78. The Balaban J connectivity index is 1.83. The van der Waals surface area contributed by atoms with E-state index in [4.69, 9.17) is 5.73 Å². The molecule has 2 atom stereocenters. The van der Waals surface area contributed by atoms with Gasteiger partial charge in [0.25, 0.3) is 0 Å². The fraction of sp³-hybridized carbons (Fsp3) is 0.467. The Hall–Kier alpha value is -1.68. The molecule has 1 fully saturated rings. The highest BCUT2D eigenvalue weighted by molar-refractivity contribution is 5.89. The highest BCUT2D eigenvalue weighted by Gasteiger charge is 2.28. The minimum Gasteiger partial charge on any atom is -0.328 e. The van der Waals surface area contributed by atoms with E-state index in [2.05, 4.69) is 5.10 Å². The number of aryl methyl sites for hydroxylation is 1. The van der Waals surface area contributed by atoms with E-state index in [1.165, 1.54) is 0 Å². The second-order valence-electron chi connectivity index (χ2n) is 5.50. The summed E-state index contributed by atoms with van der Waals surface area (Å²) in [5.74, 6) is 0.424. The summed E-state index contributed by atoms with van der Waals surface area (Å²) in [7, 11) is 1.92. The lowest BCUT2D eigenvalue weighted by molar-refractivity contribution is -0.122. The lowest BCUT2D eigenvalue weighted by Gasteiger charge is -2.06. The summed E-state index contributed by atoms with van der Waals surface area (Å²) < 4.78 is 1.85. The first-order valence-corrected chi connectivity index (χ1v) is 6.84. The molecule has 2 aromatic rings. The lowest BCUT2D eigenvalue weighted by Crippen LogP contribution is -2.19. The minimum absolute atomic E-state index is 0.135. The van der Waals surface area contributed by atoms with Gasteiger partial charge < -0.3 is 5.73 Å². The fourth-order valence-electron chi connectivity index (χ4n) is 3.04. The molecule has 4 heteroatoms. The van der Waals surface area contributed by atoms with Crippen molar-refractivity contribution in [1.29, 1.82) is 0 Å². The molecule has 3 rings (SSSR count). The monoisotopic (exact) mass is 257 g/mol. The van der Waals surface area contributed by atoms with Crippen LogP contribution in [0.2, 0.25) is 0 Å². The van der Waals surface area contributed by atoms with Crippen molar-refractivity contribution in [3.8, 4) is 0 Å². The molecule has 0 spiro atoms. The standard InChI is InChI=1S/C15H19N3O/c1-18-14-5-3-2-4-12(14)13(17-18)9-15(19)10-6-7-11(16)8-10/h2-5,10-11H,6-9,16H2,1H3. The maximum atomic E-state index is 12.3. The Morgan fingerprint density at radius 2 is 2.21 bits per heavy atom. The molecule has 4 nitrogen and oxygen atoms in total. The molecule has 1 aromatic heterocycles. The Bertz CT molecular complexity index is 617. The molecule has 2 unspecified atom stereocenters. The summed E-state index contributed by atoms with van der Waals surface area (Å²) in [5, 5.41) is 5.57. The van der Waals surface area contributed by atoms with Crippen molar-refractivity contribution >= 4 is 16.7 Å². The first kappa shape index (κ1) is 12.4. The number of hydrogen-bond donors (Lipinski definition) is 1. The van der Waals surface area contributed by atoms with Crippen molar-refractivity contribution in [1.82, 2.24) is 9.78 Å². The van der Waals surface area contributed by atoms with Crippen LogP contribution >= 0.6 is 0 Å². The number of nitrogens with zero attached hydrogens (tertiary/aromatic N) is 2. The zero-order valence-corrected chi connectivity index (χ0v) is 11.2. The number of aromatic nitrogens is 2. The summed E-state index contributed by atoms with van der Waals surface area (Å²) >= 11 is 0. The van der Waals surface area contributed by atoms with E-state index in [9.17, 15) is 4.79 Å². The van der Waals surface area contributed by atoms with Crippen molar-refractivity contribution in [2.45, 2.75) is 31.7 Å². The summed E-state index contributed by atoms with van der Waals surface area (Å²) in [6.07, 6.45) is 3.17. The molecule has 0 bridgehead atoms. The molecular weight excluding hydrogens is 238 g/mol. The van der Waals surface area contributed by atoms with Gasteiger partial charge in [0.15, 0.2) is 0 Å². The van der Waals surface area contributed by atoms with Crippen molar-refractivity contribution in [2.75, 3.05) is 0 Å². The van der Waals surface area contributed by atoms with Crippen molar-refractivity contribution in [3.05, 3.63) is 30.0 Å². The number of benzene rings is 1. The zero-order chi connectivity index (χ0) is 13.4. The molecule has 0 aliphatic heterocycles. The summed E-state index contributed by atoms with van der Waals surface area (Å²) in [6.45, 7) is 0. The van der Waals surface area contributed by atoms with Crippen LogP contribution in [0.4, 0.5) is 0 Å². The van der Waals surface area contributed by atoms with E-state index in [1.54, 1.807) is 0 Å². The average Bonchev–Trinajstić information content (AvgIpc) is 2.96. The van der Waals surface area contributed by atoms with Gasteiger partial charge in [-0.2, -0.15) is 5.10 Å². The van der Waals surface area contributed by atoms with Gasteiger partial charge in [-0.15, -0.1) is 0 Å². The topological polar surface area (TPSA) is 60.9 Å². The third-order valence-corrected chi connectivity index (χ3v) is 4.10. The summed E-state index contributed by atoms with van der Waals surface area (Å²) in [5.41, 5.74) is 7.85. The van der Waals surface area contributed by atoms with Gasteiger partial charge in [-0.3, -0.25) is 9.48 Å². The Morgan fingerprint density at radius 1 is 1.42 bits per heavy atom. The summed E-state index contributed by atoms with van der Waals surface area (Å²) in [6, 6.07) is 8.25. The van der Waals surface area contributed by atoms with Crippen LogP contribution in [0.5, 0.6) is 0 Å². The third kappa shape index (κ3) is 2.28. The van der Waals surface area contributed by atoms with E-state index in [0.29, 0.717) is 6.42 Å². The van der Waals surface area contributed by atoms with Crippen LogP contribution in [-0.2, 0) is 18.3 Å². The average molecular weight is 257 g/mol. The van der Waals surface area contributed by atoms with E-state index >= 15 is 0 Å². The molecule has 1 aromatic carbocycles. The lowest BCUT2D eigenvalue weighted by atomic mass is 9.97. The molecule has 0 radical (unpaired) electrons. The van der Waals surface area contributed by atoms with Gasteiger partial charge in [0.2, 0.25) is 0 Å². The number of carbonyl (C=O) groups is 1. The number of hydrogen-bond acceptors (Lipinski definition) is 3. The number of ketones is 1. The van der Waals surface area contributed by atoms with Gasteiger partial charge in [-0.1, -0.05) is 18.2 Å². The van der Waals surface area contributed by atoms with Crippen LogP contribution in [0.3, 0.4) is 0 Å². The summed E-state index contributed by atoms with van der Waals surface area (Å²) in [4.78, 5) is 12.3. The smallest absolute Gasteiger partial charge is 0.142 e. The number of rotatable bonds is 3. The Kier molecular flexibility index (Phi) is 3.11. The van der Waals surface area contributed by atoms with Gasteiger partial charge in [-0.05, 0) is 25.3 Å². The number of Topliss-reactive ketones (excluding diaryl/α,β-unsaturated/α-hetero) is 1. The maximum absolute atomic E-state index is 12.3. The number of nitrogens with two attached hydrogens (primary N) is 1. The van der Waals surface area contributed by atoms with Gasteiger partial charge in [0.05, 0.1) is 17.6 Å². The fourth-order valence-corrected chi connectivity index (χ4v) is 3.04. The molecule has 2 N–H and O–H groups in total. The molecule has 1 saturated carbocycles. The molecule has 1 aliphatic rings. The van der Waals surface area contributed by atoms with Gasteiger partial charge in [0.1, 0.15) is 5.78 Å². The molecule has 100 valence electrons. The van der Waals surface area contributed by atoms with Crippen molar-refractivity contribution in [2.24, 2.45) is 18.7 Å². The quantitative estimate of drug-likeness (QED) is 0.912. The van der Waals surface area contributed by atoms with Crippen molar-refractivity contribution < 1.29 is 4.79 Å². The van der Waals surface area contributed by atoms with E-state index < -0.39 is 0 Å². The molecule has 1 heterocycles. The SMILES string of the molecule is Cn1nc(CC(=O)C2CCC(N)C2)c2ccccc21. The maximum Gasteiger partial charge on any atom is 0.142 e. The molecule has 19 heavy (non-hydrogen) atoms. The Morgan fingerprint density at radius 3 is 2.95 bits per heavy atom. The first-order valence-electron chi connectivity index (χ1n) is 6.84. The predicted octanol–water partition coefficient (Wildman–Crippen LogP) is 1.81. The minimum atomic E-state index is 0.135. The van der Waals surface area contributed by atoms with Crippen LogP contribution < -0.4 is 5.73 Å². The highest BCUT2D eigenvalue weighted by Crippen LogP contribution is 2.27. The van der Waals surface area contributed by atoms with Gasteiger partial charge in [0, 0.05) is 24.4 Å². The van der Waals surface area contributed by atoms with E-state index in [-0.39, 0.29) is 17.7 Å². The van der Waals surface area contributed by atoms with Gasteiger partial charge in [-0.25, -0.2) is 0 Å². The second-order valence-corrected chi connectivity index (χ2v) is 5.50.